The molecule has 1 amide bonds. The van der Waals surface area contributed by atoms with Crippen LogP contribution in [-0.4, -0.2) is 6.09 Å². The Kier molecular flexibility index (Phi) is 4.07. The zero-order valence-corrected chi connectivity index (χ0v) is 12.2. The molecule has 1 aliphatic rings. The van der Waals surface area contributed by atoms with Crippen molar-refractivity contribution in [3.8, 4) is 5.75 Å². The van der Waals surface area contributed by atoms with E-state index in [1.54, 1.807) is 16.4 Å². The summed E-state index contributed by atoms with van der Waals surface area (Å²) >= 11 is -0.823. The summed E-state index contributed by atoms with van der Waals surface area (Å²) in [6.45, 7) is 0. The van der Waals surface area contributed by atoms with Crippen molar-refractivity contribution < 1.29 is 9.53 Å². The third-order valence-electron chi connectivity index (χ3n) is 2.94. The lowest BCUT2D eigenvalue weighted by atomic mass is 10.3. The van der Waals surface area contributed by atoms with E-state index in [0.29, 0.717) is 5.75 Å². The number of allylic oxidation sites excluding steroid dienone is 2. The predicted molar refractivity (Wildman–Crippen MR) is 88.7 cm³/mol. The van der Waals surface area contributed by atoms with E-state index in [9.17, 15) is 4.79 Å². The summed E-state index contributed by atoms with van der Waals surface area (Å²) in [6, 6.07) is 18.7. The monoisotopic (exact) mass is 297 g/mol. The number of carbonyl (C=O) groups excluding carboxylic acids is 1. The van der Waals surface area contributed by atoms with E-state index >= 15 is 0 Å². The van der Waals surface area contributed by atoms with Crippen LogP contribution in [0.15, 0.2) is 83.6 Å². The topological polar surface area (TPSA) is 29.5 Å². The minimum Gasteiger partial charge on any atom is -0.409 e. The van der Waals surface area contributed by atoms with Gasteiger partial charge in [-0.25, -0.2) is 9.10 Å². The number of ether oxygens (including phenoxy) is 1. The molecule has 0 spiro atoms. The summed E-state index contributed by atoms with van der Waals surface area (Å²) in [6.07, 6.45) is 3.55. The van der Waals surface area contributed by atoms with Gasteiger partial charge in [0.2, 0.25) is 0 Å². The fourth-order valence-electron chi connectivity index (χ4n) is 1.99. The van der Waals surface area contributed by atoms with Crippen molar-refractivity contribution in [1.29, 1.82) is 0 Å². The van der Waals surface area contributed by atoms with Gasteiger partial charge < -0.3 is 4.74 Å². The first-order valence-electron chi connectivity index (χ1n) is 6.60. The molecule has 0 fully saturated rings. The molecule has 0 N–H and O–H groups in total. The largest absolute Gasteiger partial charge is 0.429 e. The Morgan fingerprint density at radius 2 is 1.43 bits per heavy atom. The van der Waals surface area contributed by atoms with Gasteiger partial charge in [-0.05, 0) is 35.1 Å². The number of amides is 1. The van der Waals surface area contributed by atoms with Crippen molar-refractivity contribution in [2.45, 2.75) is 0 Å². The number of nitrogens with zero attached hydrogens (tertiary/aromatic N) is 1. The maximum absolute atomic E-state index is 12.6. The van der Waals surface area contributed by atoms with Crippen LogP contribution in [0.25, 0.3) is 0 Å². The number of hydrogen-bond donors (Lipinski definition) is 1. The fraction of sp³-hybridized carbons (Fsp3) is 0. The molecule has 0 radical (unpaired) electrons. The highest BCUT2D eigenvalue weighted by atomic mass is 32.2. The Morgan fingerprint density at radius 3 is 2.05 bits per heavy atom. The van der Waals surface area contributed by atoms with Crippen molar-refractivity contribution in [2.24, 2.45) is 0 Å². The van der Waals surface area contributed by atoms with E-state index < -0.39 is 11.1 Å². The molecule has 0 saturated carbocycles. The molecule has 0 unspecified atom stereocenters. The number of anilines is 1. The number of rotatable bonds is 3. The van der Waals surface area contributed by atoms with Gasteiger partial charge in [-0.1, -0.05) is 48.6 Å². The molecule has 0 bridgehead atoms. The SMILES string of the molecule is O=C(Oc1ccccc1)N(c1ccccc1)[SH]1C=CC=C1. The molecule has 0 saturated heterocycles. The minimum absolute atomic E-state index is 0.366. The fourth-order valence-corrected chi connectivity index (χ4v) is 3.54. The van der Waals surface area contributed by atoms with Gasteiger partial charge in [0, 0.05) is 0 Å². The molecule has 3 rings (SSSR count). The second-order valence-electron chi connectivity index (χ2n) is 4.39. The average Bonchev–Trinajstić information content (AvgIpc) is 3.03. The van der Waals surface area contributed by atoms with E-state index in [1.165, 1.54) is 0 Å². The first kappa shape index (κ1) is 13.5. The molecule has 3 nitrogen and oxygen atoms in total. The van der Waals surface area contributed by atoms with E-state index in [-0.39, 0.29) is 6.09 Å². The number of thiol groups is 1. The first-order valence-corrected chi connectivity index (χ1v) is 8.03. The van der Waals surface area contributed by atoms with Crippen LogP contribution in [0.4, 0.5) is 10.5 Å². The molecule has 1 aliphatic heterocycles. The highest BCUT2D eigenvalue weighted by molar-refractivity contribution is 8.24. The van der Waals surface area contributed by atoms with Gasteiger partial charge in [0.1, 0.15) is 5.75 Å². The average molecular weight is 297 g/mol. The Hall–Kier alpha value is -2.46. The first-order chi connectivity index (χ1) is 10.3. The van der Waals surface area contributed by atoms with Crippen molar-refractivity contribution in [2.75, 3.05) is 4.31 Å². The standard InChI is InChI=1S/C17H15NO2S/c19-17(20-16-11-5-2-6-12-16)18(21-13-7-8-14-21)15-9-3-1-4-10-15/h1-14,21H. The van der Waals surface area contributed by atoms with Crippen LogP contribution < -0.4 is 9.04 Å². The highest BCUT2D eigenvalue weighted by Gasteiger charge is 2.22. The van der Waals surface area contributed by atoms with Crippen LogP contribution >= 0.6 is 11.1 Å². The van der Waals surface area contributed by atoms with Crippen LogP contribution in [-0.2, 0) is 0 Å². The van der Waals surface area contributed by atoms with Crippen molar-refractivity contribution in [1.82, 2.24) is 0 Å². The summed E-state index contributed by atoms with van der Waals surface area (Å²) in [4.78, 5) is 12.6. The molecule has 106 valence electrons. The molecule has 2 aromatic rings. The Balaban J connectivity index is 1.87. The van der Waals surface area contributed by atoms with Gasteiger partial charge in [0.05, 0.1) is 5.69 Å². The molecular weight excluding hydrogens is 282 g/mol. The highest BCUT2D eigenvalue weighted by Crippen LogP contribution is 2.41. The van der Waals surface area contributed by atoms with Crippen molar-refractivity contribution in [3.63, 3.8) is 0 Å². The van der Waals surface area contributed by atoms with Crippen LogP contribution in [0, 0.1) is 0 Å². The van der Waals surface area contributed by atoms with E-state index in [4.69, 9.17) is 4.74 Å². The summed E-state index contributed by atoms with van der Waals surface area (Å²) in [5.74, 6) is 0.547. The second kappa shape index (κ2) is 6.33. The maximum atomic E-state index is 12.6. The smallest absolute Gasteiger partial charge is 0.409 e. The minimum atomic E-state index is -0.823. The quantitative estimate of drug-likeness (QED) is 0.836. The summed E-state index contributed by atoms with van der Waals surface area (Å²) in [5.41, 5.74) is 0.834. The molecule has 1 heterocycles. The summed E-state index contributed by atoms with van der Waals surface area (Å²) in [7, 11) is 0. The van der Waals surface area contributed by atoms with Crippen LogP contribution in [0.5, 0.6) is 5.75 Å². The molecule has 21 heavy (non-hydrogen) atoms. The Labute approximate surface area is 126 Å². The Bertz CT molecular complexity index is 656. The molecule has 0 aliphatic carbocycles. The summed E-state index contributed by atoms with van der Waals surface area (Å²) < 4.78 is 7.18. The van der Waals surface area contributed by atoms with Crippen molar-refractivity contribution in [3.05, 3.63) is 83.6 Å². The number of hydrogen-bond acceptors (Lipinski definition) is 2. The van der Waals surface area contributed by atoms with Gasteiger partial charge in [-0.15, -0.1) is 11.1 Å². The lowest BCUT2D eigenvalue weighted by Crippen LogP contribution is -2.29. The molecule has 2 aromatic carbocycles. The maximum Gasteiger partial charge on any atom is 0.429 e. The Morgan fingerprint density at radius 1 is 0.857 bits per heavy atom. The van der Waals surface area contributed by atoms with Crippen LogP contribution in [0.3, 0.4) is 0 Å². The number of para-hydroxylation sites is 2. The second-order valence-corrected chi connectivity index (χ2v) is 6.15. The number of carbonyl (C=O) groups is 1. The third kappa shape index (κ3) is 3.17. The lowest BCUT2D eigenvalue weighted by Gasteiger charge is -2.28. The normalized spacial score (nSPS) is 14.2. The van der Waals surface area contributed by atoms with E-state index in [2.05, 4.69) is 0 Å². The van der Waals surface area contributed by atoms with Crippen LogP contribution in [0.2, 0.25) is 0 Å². The van der Waals surface area contributed by atoms with Gasteiger partial charge in [-0.3, -0.25) is 0 Å². The van der Waals surface area contributed by atoms with Gasteiger partial charge in [-0.2, -0.15) is 0 Å². The predicted octanol–water partition coefficient (Wildman–Crippen LogP) is 4.65. The van der Waals surface area contributed by atoms with Crippen molar-refractivity contribution >= 4 is 22.9 Å². The lowest BCUT2D eigenvalue weighted by molar-refractivity contribution is 0.212. The molecule has 0 aromatic heterocycles. The van der Waals surface area contributed by atoms with E-state index in [0.717, 1.165) is 5.69 Å². The zero-order valence-electron chi connectivity index (χ0n) is 11.3. The third-order valence-corrected chi connectivity index (χ3v) is 4.75. The van der Waals surface area contributed by atoms with Gasteiger partial charge >= 0.3 is 6.09 Å². The van der Waals surface area contributed by atoms with Crippen LogP contribution in [0.1, 0.15) is 0 Å². The molecule has 4 heteroatoms. The molecular formula is C17H15NO2S. The van der Waals surface area contributed by atoms with Gasteiger partial charge in [0.25, 0.3) is 0 Å². The van der Waals surface area contributed by atoms with E-state index in [1.807, 2.05) is 71.5 Å². The summed E-state index contributed by atoms with van der Waals surface area (Å²) in [5, 5.41) is 4.04. The zero-order chi connectivity index (χ0) is 14.5. The molecule has 0 atom stereocenters. The number of benzene rings is 2. The van der Waals surface area contributed by atoms with Gasteiger partial charge in [0.15, 0.2) is 0 Å².